The van der Waals surface area contributed by atoms with Gasteiger partial charge >= 0.3 is 0 Å². The van der Waals surface area contributed by atoms with Gasteiger partial charge in [-0.15, -0.1) is 16.4 Å². The van der Waals surface area contributed by atoms with E-state index in [9.17, 15) is 0 Å². The maximum atomic E-state index is 9.15. The minimum absolute atomic E-state index is 0.510. The molecule has 0 saturated heterocycles. The molecule has 0 aromatic carbocycles. The fraction of sp³-hybridized carbons (Fsp3) is 0.308. The molecule has 0 bridgehead atoms. The molecule has 5 heteroatoms. The lowest BCUT2D eigenvalue weighted by molar-refractivity contribution is 0.769. The first kappa shape index (κ1) is 11.2. The summed E-state index contributed by atoms with van der Waals surface area (Å²) in [6.07, 6.45) is 3.91. The van der Waals surface area contributed by atoms with Crippen LogP contribution in [-0.2, 0) is 6.54 Å². The van der Waals surface area contributed by atoms with E-state index < -0.39 is 0 Å². The summed E-state index contributed by atoms with van der Waals surface area (Å²) < 4.78 is 0. The maximum absolute atomic E-state index is 9.15. The lowest BCUT2D eigenvalue weighted by Crippen LogP contribution is -2.26. The van der Waals surface area contributed by atoms with Crippen LogP contribution in [0.15, 0.2) is 29.8 Å². The second-order valence-corrected chi connectivity index (χ2v) is 5.35. The Hall–Kier alpha value is -1.93. The highest BCUT2D eigenvalue weighted by atomic mass is 32.1. The summed E-state index contributed by atoms with van der Waals surface area (Å²) in [4.78, 5) is 3.49. The van der Waals surface area contributed by atoms with Crippen LogP contribution in [0.25, 0.3) is 0 Å². The second kappa shape index (κ2) is 4.75. The molecule has 0 aliphatic heterocycles. The van der Waals surface area contributed by atoms with E-state index in [-0.39, 0.29) is 0 Å². The third kappa shape index (κ3) is 2.20. The Morgan fingerprint density at radius 2 is 2.33 bits per heavy atom. The molecule has 0 unspecified atom stereocenters. The van der Waals surface area contributed by atoms with Gasteiger partial charge in [-0.05, 0) is 30.4 Å². The number of thiophene rings is 1. The monoisotopic (exact) mass is 256 g/mol. The molecule has 90 valence electrons. The highest BCUT2D eigenvalue weighted by molar-refractivity contribution is 7.09. The number of aromatic nitrogens is 2. The highest BCUT2D eigenvalue weighted by Gasteiger charge is 2.31. The van der Waals surface area contributed by atoms with Crippen LogP contribution in [0.4, 0.5) is 5.82 Å². The van der Waals surface area contributed by atoms with Gasteiger partial charge in [0, 0.05) is 10.9 Å². The fourth-order valence-corrected chi connectivity index (χ4v) is 2.66. The first-order valence-electron chi connectivity index (χ1n) is 5.89. The topological polar surface area (TPSA) is 52.8 Å². The van der Waals surface area contributed by atoms with Crippen molar-refractivity contribution in [1.29, 1.82) is 5.26 Å². The Balaban J connectivity index is 1.92. The van der Waals surface area contributed by atoms with Gasteiger partial charge in [-0.2, -0.15) is 10.4 Å². The molecule has 18 heavy (non-hydrogen) atoms. The number of hydrogen-bond acceptors (Lipinski definition) is 5. The Morgan fingerprint density at radius 3 is 3.00 bits per heavy atom. The Labute approximate surface area is 110 Å². The predicted octanol–water partition coefficient (Wildman–Crippen LogP) is 2.58. The second-order valence-electron chi connectivity index (χ2n) is 4.32. The van der Waals surface area contributed by atoms with Crippen molar-refractivity contribution < 1.29 is 0 Å². The van der Waals surface area contributed by atoms with E-state index >= 15 is 0 Å². The van der Waals surface area contributed by atoms with Crippen LogP contribution < -0.4 is 4.90 Å². The maximum Gasteiger partial charge on any atom is 0.169 e. The van der Waals surface area contributed by atoms with E-state index in [1.165, 1.54) is 17.7 Å². The number of nitrogens with zero attached hydrogens (tertiary/aromatic N) is 4. The summed E-state index contributed by atoms with van der Waals surface area (Å²) in [6, 6.07) is 8.60. The largest absolute Gasteiger partial charge is 0.346 e. The van der Waals surface area contributed by atoms with E-state index in [0.717, 1.165) is 12.4 Å². The van der Waals surface area contributed by atoms with Crippen molar-refractivity contribution in [3.05, 3.63) is 40.2 Å². The minimum Gasteiger partial charge on any atom is -0.346 e. The van der Waals surface area contributed by atoms with Crippen LogP contribution in [-0.4, -0.2) is 16.2 Å². The third-order valence-corrected chi connectivity index (χ3v) is 3.85. The molecule has 0 N–H and O–H groups in total. The lowest BCUT2D eigenvalue weighted by Gasteiger charge is -2.22. The first-order chi connectivity index (χ1) is 8.88. The van der Waals surface area contributed by atoms with Crippen LogP contribution in [0.2, 0.25) is 0 Å². The molecular formula is C13H12N4S. The van der Waals surface area contributed by atoms with Crippen molar-refractivity contribution in [3.8, 4) is 6.07 Å². The summed E-state index contributed by atoms with van der Waals surface area (Å²) in [6.45, 7) is 0.815. The minimum atomic E-state index is 0.510. The van der Waals surface area contributed by atoms with Gasteiger partial charge in [0.25, 0.3) is 0 Å². The van der Waals surface area contributed by atoms with Gasteiger partial charge < -0.3 is 4.90 Å². The molecule has 0 amide bonds. The lowest BCUT2D eigenvalue weighted by atomic mass is 10.2. The molecule has 4 nitrogen and oxygen atoms in total. The van der Waals surface area contributed by atoms with Gasteiger partial charge in [0.2, 0.25) is 0 Å². The molecule has 2 aromatic rings. The molecule has 0 atom stereocenters. The molecule has 1 saturated carbocycles. The van der Waals surface area contributed by atoms with Gasteiger partial charge in [0.05, 0.1) is 18.3 Å². The standard InChI is InChI=1S/C13H12N4S/c14-8-10-5-6-15-16-13(10)17(11-3-4-11)9-12-2-1-7-18-12/h1-2,5-7,11H,3-4,9H2. The summed E-state index contributed by atoms with van der Waals surface area (Å²) in [7, 11) is 0. The fourth-order valence-electron chi connectivity index (χ4n) is 1.96. The van der Waals surface area contributed by atoms with Gasteiger partial charge in [-0.1, -0.05) is 6.07 Å². The summed E-state index contributed by atoms with van der Waals surface area (Å²) in [5.41, 5.74) is 0.605. The zero-order valence-corrected chi connectivity index (χ0v) is 10.6. The van der Waals surface area contributed by atoms with E-state index in [1.54, 1.807) is 23.6 Å². The van der Waals surface area contributed by atoms with Crippen molar-refractivity contribution in [2.75, 3.05) is 4.90 Å². The van der Waals surface area contributed by atoms with Crippen LogP contribution in [0, 0.1) is 11.3 Å². The average molecular weight is 256 g/mol. The Bertz CT molecular complexity index is 569. The normalized spacial score (nSPS) is 14.2. The zero-order valence-electron chi connectivity index (χ0n) is 9.78. The van der Waals surface area contributed by atoms with Gasteiger partial charge in [0.15, 0.2) is 5.82 Å². The first-order valence-corrected chi connectivity index (χ1v) is 6.77. The Kier molecular flexibility index (Phi) is 2.95. The van der Waals surface area contributed by atoms with Crippen molar-refractivity contribution in [1.82, 2.24) is 10.2 Å². The number of rotatable bonds is 4. The molecule has 2 heterocycles. The number of nitriles is 1. The Morgan fingerprint density at radius 1 is 1.44 bits per heavy atom. The van der Waals surface area contributed by atoms with Gasteiger partial charge in [-0.3, -0.25) is 0 Å². The summed E-state index contributed by atoms with van der Waals surface area (Å²) >= 11 is 1.73. The molecule has 0 spiro atoms. The smallest absolute Gasteiger partial charge is 0.169 e. The molecule has 3 rings (SSSR count). The molecule has 2 aromatic heterocycles. The molecule has 1 aliphatic rings. The molecule has 0 radical (unpaired) electrons. The SMILES string of the molecule is N#Cc1ccnnc1N(Cc1cccs1)C1CC1. The highest BCUT2D eigenvalue weighted by Crippen LogP contribution is 2.33. The predicted molar refractivity (Wildman–Crippen MR) is 70.3 cm³/mol. The number of hydrogen-bond donors (Lipinski definition) is 0. The zero-order chi connectivity index (χ0) is 12.4. The summed E-state index contributed by atoms with van der Waals surface area (Å²) in [5, 5.41) is 19.3. The van der Waals surface area contributed by atoms with Crippen LogP contribution in [0.1, 0.15) is 23.3 Å². The van der Waals surface area contributed by atoms with E-state index in [0.29, 0.717) is 11.6 Å². The van der Waals surface area contributed by atoms with Crippen LogP contribution in [0.3, 0.4) is 0 Å². The van der Waals surface area contributed by atoms with Crippen molar-refractivity contribution in [2.45, 2.75) is 25.4 Å². The molecular weight excluding hydrogens is 244 g/mol. The van der Waals surface area contributed by atoms with Crippen molar-refractivity contribution in [2.24, 2.45) is 0 Å². The van der Waals surface area contributed by atoms with E-state index in [4.69, 9.17) is 5.26 Å². The molecule has 1 aliphatic carbocycles. The number of anilines is 1. The van der Waals surface area contributed by atoms with Crippen molar-refractivity contribution in [3.63, 3.8) is 0 Å². The average Bonchev–Trinajstić information content (AvgIpc) is 3.13. The van der Waals surface area contributed by atoms with Gasteiger partial charge in [-0.25, -0.2) is 0 Å². The van der Waals surface area contributed by atoms with E-state index in [1.807, 2.05) is 6.07 Å². The third-order valence-electron chi connectivity index (χ3n) is 2.99. The quantitative estimate of drug-likeness (QED) is 0.843. The van der Waals surface area contributed by atoms with Crippen LogP contribution >= 0.6 is 11.3 Å². The molecule has 1 fully saturated rings. The van der Waals surface area contributed by atoms with Crippen LogP contribution in [0.5, 0.6) is 0 Å². The van der Waals surface area contributed by atoms with E-state index in [2.05, 4.69) is 32.6 Å². The van der Waals surface area contributed by atoms with Gasteiger partial charge in [0.1, 0.15) is 6.07 Å². The van der Waals surface area contributed by atoms with Crippen molar-refractivity contribution >= 4 is 17.2 Å². The summed E-state index contributed by atoms with van der Waals surface area (Å²) in [5.74, 6) is 0.718.